The van der Waals surface area contributed by atoms with Crippen LogP contribution in [-0.2, 0) is 20.1 Å². The Hall–Kier alpha value is -3.13. The molecule has 0 amide bonds. The summed E-state index contributed by atoms with van der Waals surface area (Å²) < 4.78 is 7.69. The van der Waals surface area contributed by atoms with Gasteiger partial charge < -0.3 is 10.5 Å². The Morgan fingerprint density at radius 2 is 1.90 bits per heavy atom. The van der Waals surface area contributed by atoms with E-state index in [1.807, 2.05) is 38.1 Å². The number of carbonyl (C=O) groups is 1. The molecular formula is C22H30N4O4. The highest BCUT2D eigenvalue weighted by atomic mass is 16.5. The van der Waals surface area contributed by atoms with Gasteiger partial charge in [0.15, 0.2) is 5.78 Å². The Balaban J connectivity index is 2.19. The number of ketones is 1. The van der Waals surface area contributed by atoms with Crippen LogP contribution in [0.4, 0.5) is 5.82 Å². The first-order valence-corrected chi connectivity index (χ1v) is 9.79. The molecule has 1 aromatic carbocycles. The van der Waals surface area contributed by atoms with Gasteiger partial charge in [-0.2, -0.15) is 0 Å². The number of benzene rings is 1. The van der Waals surface area contributed by atoms with Crippen LogP contribution in [0.25, 0.3) is 0 Å². The van der Waals surface area contributed by atoms with Crippen molar-refractivity contribution in [2.45, 2.75) is 26.9 Å². The molecule has 0 spiro atoms. The number of anilines is 1. The van der Waals surface area contributed by atoms with E-state index < -0.39 is 17.0 Å². The zero-order chi connectivity index (χ0) is 22.4. The second-order valence-corrected chi connectivity index (χ2v) is 7.75. The number of rotatable bonds is 10. The monoisotopic (exact) mass is 414 g/mol. The third-order valence-electron chi connectivity index (χ3n) is 4.57. The predicted octanol–water partition coefficient (Wildman–Crippen LogP) is 1.66. The van der Waals surface area contributed by atoms with Crippen molar-refractivity contribution in [2.75, 3.05) is 25.9 Å². The van der Waals surface area contributed by atoms with Gasteiger partial charge in [-0.25, -0.2) is 4.79 Å². The molecule has 2 N–H and O–H groups in total. The fraction of sp³-hybridized carbons (Fsp3) is 0.409. The molecule has 0 saturated heterocycles. The topological polar surface area (TPSA) is 99.6 Å². The van der Waals surface area contributed by atoms with Crippen LogP contribution in [0.3, 0.4) is 0 Å². The van der Waals surface area contributed by atoms with Gasteiger partial charge in [0.1, 0.15) is 23.7 Å². The molecule has 0 unspecified atom stereocenters. The Kier molecular flexibility index (Phi) is 7.77. The minimum absolute atomic E-state index is 0.00591. The van der Waals surface area contributed by atoms with Crippen molar-refractivity contribution in [3.63, 3.8) is 0 Å². The van der Waals surface area contributed by atoms with E-state index in [1.165, 1.54) is 11.6 Å². The van der Waals surface area contributed by atoms with Crippen LogP contribution in [0.5, 0.6) is 5.75 Å². The first kappa shape index (κ1) is 23.2. The predicted molar refractivity (Wildman–Crippen MR) is 118 cm³/mol. The summed E-state index contributed by atoms with van der Waals surface area (Å²) in [5, 5.41) is 0. The molecule has 0 fully saturated rings. The van der Waals surface area contributed by atoms with Crippen molar-refractivity contribution >= 4 is 11.6 Å². The number of Topliss-reactive ketones (excluding diaryl/α,β-unsaturated/α-hetero) is 1. The maximum Gasteiger partial charge on any atom is 0.332 e. The maximum absolute atomic E-state index is 12.9. The van der Waals surface area contributed by atoms with Crippen LogP contribution >= 0.6 is 0 Å². The number of nitrogens with zero attached hydrogens (tertiary/aromatic N) is 3. The van der Waals surface area contributed by atoms with Gasteiger partial charge in [-0.1, -0.05) is 38.6 Å². The summed E-state index contributed by atoms with van der Waals surface area (Å²) in [6, 6.07) is 7.53. The van der Waals surface area contributed by atoms with Gasteiger partial charge in [0.2, 0.25) is 0 Å². The summed E-state index contributed by atoms with van der Waals surface area (Å²) >= 11 is 0. The molecule has 0 aliphatic rings. The Morgan fingerprint density at radius 1 is 1.27 bits per heavy atom. The second-order valence-electron chi connectivity index (χ2n) is 7.75. The lowest BCUT2D eigenvalue weighted by molar-refractivity contribution is 0.0941. The summed E-state index contributed by atoms with van der Waals surface area (Å²) in [5.41, 5.74) is 5.74. The second kappa shape index (κ2) is 10.1. The smallest absolute Gasteiger partial charge is 0.332 e. The van der Waals surface area contributed by atoms with Crippen molar-refractivity contribution in [1.82, 2.24) is 14.0 Å². The molecule has 0 bridgehead atoms. The van der Waals surface area contributed by atoms with Crippen molar-refractivity contribution in [3.8, 4) is 5.75 Å². The van der Waals surface area contributed by atoms with Gasteiger partial charge in [-0.15, -0.1) is 0 Å². The molecule has 0 radical (unpaired) electrons. The fourth-order valence-corrected chi connectivity index (χ4v) is 3.12. The average Bonchev–Trinajstić information content (AvgIpc) is 2.69. The Morgan fingerprint density at radius 3 is 2.47 bits per heavy atom. The van der Waals surface area contributed by atoms with E-state index in [-0.39, 0.29) is 23.8 Å². The SMILES string of the molecule is C=CCOc1ccc(CN(C)CC(=O)c2c(N)n(CC(C)C)c(=O)n(C)c2=O)cc1. The highest BCUT2D eigenvalue weighted by Gasteiger charge is 2.22. The molecule has 8 heteroatoms. The van der Waals surface area contributed by atoms with Crippen molar-refractivity contribution < 1.29 is 9.53 Å². The minimum atomic E-state index is -0.667. The van der Waals surface area contributed by atoms with Gasteiger partial charge in [0.25, 0.3) is 5.56 Å². The van der Waals surface area contributed by atoms with Crippen molar-refractivity contribution in [2.24, 2.45) is 13.0 Å². The number of nitrogen functional groups attached to an aromatic ring is 1. The van der Waals surface area contributed by atoms with E-state index in [9.17, 15) is 14.4 Å². The first-order valence-electron chi connectivity index (χ1n) is 9.79. The molecule has 1 heterocycles. The van der Waals surface area contributed by atoms with Crippen LogP contribution in [0.1, 0.15) is 29.8 Å². The number of carbonyl (C=O) groups excluding carboxylic acids is 1. The minimum Gasteiger partial charge on any atom is -0.490 e. The molecule has 30 heavy (non-hydrogen) atoms. The van der Waals surface area contributed by atoms with Crippen LogP contribution < -0.4 is 21.7 Å². The van der Waals surface area contributed by atoms with Crippen LogP contribution in [-0.4, -0.2) is 40.0 Å². The normalized spacial score (nSPS) is 11.1. The lowest BCUT2D eigenvalue weighted by Gasteiger charge is -2.19. The molecule has 0 saturated carbocycles. The van der Waals surface area contributed by atoms with Crippen molar-refractivity contribution in [3.05, 3.63) is 68.9 Å². The van der Waals surface area contributed by atoms with Crippen molar-refractivity contribution in [1.29, 1.82) is 0 Å². The van der Waals surface area contributed by atoms with Crippen LogP contribution in [0, 0.1) is 5.92 Å². The molecule has 0 atom stereocenters. The summed E-state index contributed by atoms with van der Waals surface area (Å²) in [6.07, 6.45) is 1.67. The molecular weight excluding hydrogens is 384 g/mol. The van der Waals surface area contributed by atoms with Gasteiger partial charge in [-0.05, 0) is 30.7 Å². The molecule has 1 aromatic heterocycles. The third kappa shape index (κ3) is 5.48. The number of nitrogens with two attached hydrogens (primary N) is 1. The summed E-state index contributed by atoms with van der Waals surface area (Å²) in [6.45, 7) is 8.73. The van der Waals surface area contributed by atoms with Crippen LogP contribution in [0.2, 0.25) is 0 Å². The van der Waals surface area contributed by atoms with Crippen LogP contribution in [0.15, 0.2) is 46.5 Å². The van der Waals surface area contributed by atoms with E-state index in [4.69, 9.17) is 10.5 Å². The average molecular weight is 415 g/mol. The van der Waals surface area contributed by atoms with Gasteiger partial charge >= 0.3 is 5.69 Å². The zero-order valence-electron chi connectivity index (χ0n) is 18.1. The van der Waals surface area contributed by atoms with E-state index in [2.05, 4.69) is 6.58 Å². The molecule has 0 aliphatic carbocycles. The van der Waals surface area contributed by atoms with E-state index in [0.29, 0.717) is 19.7 Å². The summed E-state index contributed by atoms with van der Waals surface area (Å²) in [4.78, 5) is 39.6. The molecule has 0 aliphatic heterocycles. The van der Waals surface area contributed by atoms with E-state index >= 15 is 0 Å². The standard InChI is InChI=1S/C22H30N4O4/c1-6-11-30-17-9-7-16(8-10-17)13-24(4)14-18(27)19-20(23)26(12-15(2)3)22(29)25(5)21(19)28/h6-10,15H,1,11-14,23H2,2-5H3. The zero-order valence-corrected chi connectivity index (χ0v) is 18.1. The Bertz CT molecular complexity index is 1020. The maximum atomic E-state index is 12.9. The molecule has 8 nitrogen and oxygen atoms in total. The van der Waals surface area contributed by atoms with Gasteiger partial charge in [0.05, 0.1) is 6.54 Å². The summed E-state index contributed by atoms with van der Waals surface area (Å²) in [5.74, 6) is 0.380. The lowest BCUT2D eigenvalue weighted by atomic mass is 10.1. The number of hydrogen-bond acceptors (Lipinski definition) is 6. The summed E-state index contributed by atoms with van der Waals surface area (Å²) in [7, 11) is 3.14. The van der Waals surface area contributed by atoms with E-state index in [1.54, 1.807) is 18.0 Å². The third-order valence-corrected chi connectivity index (χ3v) is 4.57. The van der Waals surface area contributed by atoms with Gasteiger partial charge in [0, 0.05) is 20.1 Å². The lowest BCUT2D eigenvalue weighted by Crippen LogP contribution is -2.44. The number of likely N-dealkylation sites (N-methyl/N-ethyl adjacent to an activating group) is 1. The highest BCUT2D eigenvalue weighted by molar-refractivity contribution is 6.01. The molecule has 2 rings (SSSR count). The quantitative estimate of drug-likeness (QED) is 0.469. The fourth-order valence-electron chi connectivity index (χ4n) is 3.12. The first-order chi connectivity index (χ1) is 14.1. The largest absolute Gasteiger partial charge is 0.490 e. The number of hydrogen-bond donors (Lipinski definition) is 1. The highest BCUT2D eigenvalue weighted by Crippen LogP contribution is 2.14. The van der Waals surface area contributed by atoms with E-state index in [0.717, 1.165) is 15.9 Å². The Labute approximate surface area is 176 Å². The van der Waals surface area contributed by atoms with Gasteiger partial charge in [-0.3, -0.25) is 23.6 Å². The molecule has 2 aromatic rings. The number of aromatic nitrogens is 2. The number of ether oxygens (including phenoxy) is 1. The molecule has 162 valence electrons.